The summed E-state index contributed by atoms with van der Waals surface area (Å²) < 4.78 is 11.5. The topological polar surface area (TPSA) is 145 Å². The molecular weight excluding hydrogens is 380 g/mol. The van der Waals surface area contributed by atoms with Gasteiger partial charge in [-0.3, -0.25) is 10.1 Å². The SMILES string of the molecule is Nc1c(O)ccc2c1Oc1c(ccc(O)c1[N+](=O)[O-])C21OC(=O)c2ccccc21. The first-order chi connectivity index (χ1) is 13.9. The smallest absolute Gasteiger partial charge is 0.353 e. The number of nitro benzene ring substituents is 1. The van der Waals surface area contributed by atoms with Crippen molar-refractivity contribution in [3.63, 3.8) is 0 Å². The second kappa shape index (κ2) is 5.38. The summed E-state index contributed by atoms with van der Waals surface area (Å²) in [6.45, 7) is 0. The minimum Gasteiger partial charge on any atom is -0.506 e. The number of nitrogens with zero attached hydrogens (tertiary/aromatic N) is 1. The Morgan fingerprint density at radius 2 is 1.59 bits per heavy atom. The molecule has 9 heteroatoms. The predicted octanol–water partition coefficient (Wildman–Crippen LogP) is 3.16. The lowest BCUT2D eigenvalue weighted by molar-refractivity contribution is -0.386. The lowest BCUT2D eigenvalue weighted by Crippen LogP contribution is -2.33. The van der Waals surface area contributed by atoms with E-state index in [-0.39, 0.29) is 34.1 Å². The molecule has 144 valence electrons. The molecule has 0 radical (unpaired) electrons. The van der Waals surface area contributed by atoms with Gasteiger partial charge in [-0.15, -0.1) is 0 Å². The summed E-state index contributed by atoms with van der Waals surface area (Å²) in [6, 6.07) is 12.0. The average molecular weight is 392 g/mol. The van der Waals surface area contributed by atoms with E-state index in [2.05, 4.69) is 0 Å². The van der Waals surface area contributed by atoms with E-state index >= 15 is 0 Å². The van der Waals surface area contributed by atoms with Crippen molar-refractivity contribution >= 4 is 17.3 Å². The van der Waals surface area contributed by atoms with Crippen LogP contribution in [0.5, 0.6) is 23.0 Å². The zero-order valence-corrected chi connectivity index (χ0v) is 14.6. The Morgan fingerprint density at radius 1 is 0.931 bits per heavy atom. The molecule has 0 aromatic heterocycles. The normalized spacial score (nSPS) is 18.4. The molecule has 5 rings (SSSR count). The van der Waals surface area contributed by atoms with E-state index in [9.17, 15) is 25.1 Å². The van der Waals surface area contributed by atoms with Crippen LogP contribution in [0.2, 0.25) is 0 Å². The number of phenolic OH excluding ortho intramolecular Hbond substituents is 2. The third-order valence-corrected chi connectivity index (χ3v) is 5.20. The van der Waals surface area contributed by atoms with Crippen molar-refractivity contribution in [1.29, 1.82) is 0 Å². The van der Waals surface area contributed by atoms with Crippen molar-refractivity contribution in [2.75, 3.05) is 5.73 Å². The molecule has 1 unspecified atom stereocenters. The molecule has 0 saturated carbocycles. The van der Waals surface area contributed by atoms with E-state index in [1.807, 2.05) is 0 Å². The van der Waals surface area contributed by atoms with Gasteiger partial charge in [0.05, 0.1) is 21.6 Å². The number of benzene rings is 3. The van der Waals surface area contributed by atoms with E-state index in [1.54, 1.807) is 24.3 Å². The third-order valence-electron chi connectivity index (χ3n) is 5.20. The van der Waals surface area contributed by atoms with E-state index in [1.165, 1.54) is 18.2 Å². The summed E-state index contributed by atoms with van der Waals surface area (Å²) >= 11 is 0. The van der Waals surface area contributed by atoms with E-state index in [0.29, 0.717) is 11.1 Å². The van der Waals surface area contributed by atoms with Crippen LogP contribution in [0.1, 0.15) is 27.0 Å². The maximum absolute atomic E-state index is 12.7. The molecule has 0 fully saturated rings. The summed E-state index contributed by atoms with van der Waals surface area (Å²) in [6.07, 6.45) is 0. The standard InChI is InChI=1S/C20H12N2O7/c21-15-13(23)7-5-11-17(15)28-18-12(6-8-14(24)16(18)22(26)27)20(11)10-4-2-1-3-9(10)19(25)29-20/h1-8,23-24H,21H2. The van der Waals surface area contributed by atoms with Crippen molar-refractivity contribution < 1.29 is 29.4 Å². The van der Waals surface area contributed by atoms with Gasteiger partial charge in [0.15, 0.2) is 17.1 Å². The van der Waals surface area contributed by atoms with Gasteiger partial charge in [-0.2, -0.15) is 0 Å². The van der Waals surface area contributed by atoms with Crippen LogP contribution in [0.15, 0.2) is 48.5 Å². The molecule has 2 aliphatic rings. The molecule has 0 saturated heterocycles. The fraction of sp³-hybridized carbons (Fsp3) is 0.0500. The highest BCUT2D eigenvalue weighted by Gasteiger charge is 2.55. The Balaban J connectivity index is 1.97. The van der Waals surface area contributed by atoms with Crippen LogP contribution >= 0.6 is 0 Å². The lowest BCUT2D eigenvalue weighted by atomic mass is 9.77. The molecule has 1 atom stereocenters. The van der Waals surface area contributed by atoms with Gasteiger partial charge in [-0.05, 0) is 30.3 Å². The van der Waals surface area contributed by atoms with Gasteiger partial charge in [0.2, 0.25) is 5.75 Å². The van der Waals surface area contributed by atoms with Gasteiger partial charge < -0.3 is 25.4 Å². The molecule has 4 N–H and O–H groups in total. The molecule has 2 heterocycles. The monoisotopic (exact) mass is 392 g/mol. The number of carbonyl (C=O) groups is 1. The zero-order chi connectivity index (χ0) is 20.5. The highest BCUT2D eigenvalue weighted by Crippen LogP contribution is 2.61. The van der Waals surface area contributed by atoms with Crippen molar-refractivity contribution in [2.24, 2.45) is 0 Å². The molecule has 3 aromatic carbocycles. The van der Waals surface area contributed by atoms with Gasteiger partial charge in [0.1, 0.15) is 11.4 Å². The molecule has 1 spiro atoms. The number of anilines is 1. The molecular formula is C20H12N2O7. The van der Waals surface area contributed by atoms with Crippen molar-refractivity contribution in [3.8, 4) is 23.0 Å². The first-order valence-corrected chi connectivity index (χ1v) is 8.49. The minimum atomic E-state index is -1.59. The van der Waals surface area contributed by atoms with Gasteiger partial charge in [0.25, 0.3) is 0 Å². The fourth-order valence-corrected chi connectivity index (χ4v) is 3.96. The zero-order valence-electron chi connectivity index (χ0n) is 14.6. The molecule has 0 aliphatic carbocycles. The second-order valence-electron chi connectivity index (χ2n) is 6.66. The first kappa shape index (κ1) is 16.9. The molecule has 29 heavy (non-hydrogen) atoms. The van der Waals surface area contributed by atoms with Crippen LogP contribution in [-0.2, 0) is 10.3 Å². The highest BCUT2D eigenvalue weighted by atomic mass is 16.6. The largest absolute Gasteiger partial charge is 0.506 e. The number of carbonyl (C=O) groups excluding carboxylic acids is 1. The Kier molecular flexibility index (Phi) is 3.13. The molecule has 0 amide bonds. The number of rotatable bonds is 1. The number of nitro groups is 1. The van der Waals surface area contributed by atoms with Crippen LogP contribution in [0.3, 0.4) is 0 Å². The quantitative estimate of drug-likeness (QED) is 0.188. The van der Waals surface area contributed by atoms with E-state index < -0.39 is 27.9 Å². The highest BCUT2D eigenvalue weighted by molar-refractivity contribution is 5.97. The Labute approximate surface area is 162 Å². The summed E-state index contributed by atoms with van der Waals surface area (Å²) in [5, 5.41) is 31.8. The van der Waals surface area contributed by atoms with Crippen LogP contribution in [-0.4, -0.2) is 21.1 Å². The number of phenols is 2. The van der Waals surface area contributed by atoms with E-state index in [0.717, 1.165) is 6.07 Å². The maximum Gasteiger partial charge on any atom is 0.353 e. The minimum absolute atomic E-state index is 0.0873. The summed E-state index contributed by atoms with van der Waals surface area (Å²) in [7, 11) is 0. The number of nitrogen functional groups attached to an aromatic ring is 1. The van der Waals surface area contributed by atoms with Gasteiger partial charge >= 0.3 is 11.7 Å². The number of hydrogen-bond acceptors (Lipinski definition) is 8. The summed E-state index contributed by atoms with van der Waals surface area (Å²) in [4.78, 5) is 23.5. The van der Waals surface area contributed by atoms with Crippen LogP contribution < -0.4 is 10.5 Å². The maximum atomic E-state index is 12.7. The van der Waals surface area contributed by atoms with Crippen LogP contribution in [0.4, 0.5) is 11.4 Å². The van der Waals surface area contributed by atoms with Crippen molar-refractivity contribution in [3.05, 3.63) is 80.9 Å². The summed E-state index contributed by atoms with van der Waals surface area (Å²) in [5.41, 5.74) is 4.72. The Hall–Kier alpha value is -4.27. The van der Waals surface area contributed by atoms with Crippen LogP contribution in [0, 0.1) is 10.1 Å². The number of esters is 1. The van der Waals surface area contributed by atoms with Gasteiger partial charge in [0, 0.05) is 5.56 Å². The first-order valence-electron chi connectivity index (χ1n) is 8.49. The molecule has 3 aromatic rings. The summed E-state index contributed by atoms with van der Waals surface area (Å²) in [5.74, 6) is -1.95. The number of aromatic hydroxyl groups is 2. The third kappa shape index (κ3) is 1.95. The second-order valence-corrected chi connectivity index (χ2v) is 6.66. The number of nitrogens with two attached hydrogens (primary N) is 1. The van der Waals surface area contributed by atoms with E-state index in [4.69, 9.17) is 15.2 Å². The lowest BCUT2D eigenvalue weighted by Gasteiger charge is -2.36. The van der Waals surface area contributed by atoms with Gasteiger partial charge in [-0.1, -0.05) is 18.2 Å². The van der Waals surface area contributed by atoms with Crippen LogP contribution in [0.25, 0.3) is 0 Å². The Bertz CT molecular complexity index is 1250. The molecule has 0 bridgehead atoms. The molecule has 2 aliphatic heterocycles. The number of ether oxygens (including phenoxy) is 2. The average Bonchev–Trinajstić information content (AvgIpc) is 2.98. The van der Waals surface area contributed by atoms with Gasteiger partial charge in [-0.25, -0.2) is 4.79 Å². The number of fused-ring (bicyclic) bond motifs is 6. The fourth-order valence-electron chi connectivity index (χ4n) is 3.96. The Morgan fingerprint density at radius 3 is 2.31 bits per heavy atom. The molecule has 9 nitrogen and oxygen atoms in total. The van der Waals surface area contributed by atoms with Crippen molar-refractivity contribution in [1.82, 2.24) is 0 Å². The predicted molar refractivity (Wildman–Crippen MR) is 99.1 cm³/mol. The van der Waals surface area contributed by atoms with Crippen molar-refractivity contribution in [2.45, 2.75) is 5.60 Å². The number of hydrogen-bond donors (Lipinski definition) is 3.